The van der Waals surface area contributed by atoms with Gasteiger partial charge in [0.1, 0.15) is 17.0 Å². The van der Waals surface area contributed by atoms with Crippen molar-refractivity contribution in [1.29, 1.82) is 0 Å². The predicted octanol–water partition coefficient (Wildman–Crippen LogP) is 4.39. The van der Waals surface area contributed by atoms with E-state index in [0.717, 1.165) is 56.8 Å². The van der Waals surface area contributed by atoms with Gasteiger partial charge in [-0.15, -0.1) is 23.1 Å². The average Bonchev–Trinajstić information content (AvgIpc) is 3.46. The fourth-order valence-corrected chi connectivity index (χ4v) is 6.89. The summed E-state index contributed by atoms with van der Waals surface area (Å²) in [7, 11) is 0. The predicted molar refractivity (Wildman–Crippen MR) is 136 cm³/mol. The molecule has 4 aromatic rings. The normalized spacial score (nSPS) is 20.6. The van der Waals surface area contributed by atoms with Crippen LogP contribution in [0.5, 0.6) is 0 Å². The van der Waals surface area contributed by atoms with Crippen LogP contribution >= 0.6 is 23.1 Å². The van der Waals surface area contributed by atoms with Crippen molar-refractivity contribution in [1.82, 2.24) is 25.1 Å². The van der Waals surface area contributed by atoms with Crippen molar-refractivity contribution < 1.29 is 9.53 Å². The Morgan fingerprint density at radius 1 is 1.35 bits per heavy atom. The Morgan fingerprint density at radius 3 is 3.12 bits per heavy atom. The van der Waals surface area contributed by atoms with Crippen LogP contribution in [0.2, 0.25) is 0 Å². The molecule has 8 nitrogen and oxygen atoms in total. The number of thioether (sulfide) groups is 1. The Kier molecular flexibility index (Phi) is 5.66. The summed E-state index contributed by atoms with van der Waals surface area (Å²) in [5, 5.41) is 12.9. The first-order valence-electron chi connectivity index (χ1n) is 11.5. The summed E-state index contributed by atoms with van der Waals surface area (Å²) in [4.78, 5) is 27.8. The second-order valence-corrected chi connectivity index (χ2v) is 10.9. The molecule has 6 rings (SSSR count). The average molecular weight is 495 g/mol. The number of ether oxygens (including phenoxy) is 1. The number of benzene rings is 1. The summed E-state index contributed by atoms with van der Waals surface area (Å²) in [5.74, 6) is 1.12. The summed E-state index contributed by atoms with van der Waals surface area (Å²) in [6, 6.07) is 4.22. The third-order valence-electron chi connectivity index (χ3n) is 6.76. The van der Waals surface area contributed by atoms with Crippen LogP contribution in [-0.2, 0) is 22.4 Å². The highest BCUT2D eigenvalue weighted by Gasteiger charge is 2.33. The van der Waals surface area contributed by atoms with Gasteiger partial charge in [0.25, 0.3) is 0 Å². The number of amides is 1. The number of nitrogens with zero attached hydrogens (tertiary/aromatic N) is 4. The van der Waals surface area contributed by atoms with Gasteiger partial charge in [-0.3, -0.25) is 9.89 Å². The lowest BCUT2D eigenvalue weighted by molar-refractivity contribution is -0.142. The second-order valence-electron chi connectivity index (χ2n) is 8.95. The van der Waals surface area contributed by atoms with Crippen molar-refractivity contribution in [3.63, 3.8) is 0 Å². The van der Waals surface area contributed by atoms with E-state index in [0.29, 0.717) is 19.7 Å². The number of thiophene rings is 1. The monoisotopic (exact) mass is 494 g/mol. The van der Waals surface area contributed by atoms with E-state index in [9.17, 15) is 4.79 Å². The van der Waals surface area contributed by atoms with Crippen LogP contribution < -0.4 is 5.32 Å². The molecule has 1 aromatic carbocycles. The smallest absolute Gasteiger partial charge is 0.226 e. The topological polar surface area (TPSA) is 96.0 Å². The maximum absolute atomic E-state index is 13.2. The summed E-state index contributed by atoms with van der Waals surface area (Å²) in [5.41, 5.74) is 3.31. The molecule has 3 aromatic heterocycles. The van der Waals surface area contributed by atoms with E-state index in [1.807, 2.05) is 18.0 Å². The highest BCUT2D eigenvalue weighted by molar-refractivity contribution is 7.98. The van der Waals surface area contributed by atoms with E-state index < -0.39 is 0 Å². The van der Waals surface area contributed by atoms with Gasteiger partial charge in [0, 0.05) is 34.2 Å². The number of fused-ring (bicyclic) bond motifs is 4. The number of anilines is 2. The molecule has 1 unspecified atom stereocenters. The van der Waals surface area contributed by atoms with Crippen LogP contribution in [-0.4, -0.2) is 63.0 Å². The molecule has 0 saturated carbocycles. The van der Waals surface area contributed by atoms with Gasteiger partial charge in [-0.25, -0.2) is 9.97 Å². The van der Waals surface area contributed by atoms with Crippen LogP contribution in [0.25, 0.3) is 21.1 Å². The molecule has 176 valence electrons. The molecule has 10 heteroatoms. The van der Waals surface area contributed by atoms with Gasteiger partial charge in [-0.1, -0.05) is 0 Å². The lowest BCUT2D eigenvalue weighted by Crippen LogP contribution is -2.47. The van der Waals surface area contributed by atoms with Gasteiger partial charge >= 0.3 is 0 Å². The molecule has 1 amide bonds. The first kappa shape index (κ1) is 21.8. The van der Waals surface area contributed by atoms with Crippen molar-refractivity contribution in [3.8, 4) is 0 Å². The van der Waals surface area contributed by atoms with Crippen molar-refractivity contribution in [2.45, 2.75) is 37.2 Å². The minimum Gasteiger partial charge on any atom is -0.375 e. The van der Waals surface area contributed by atoms with Gasteiger partial charge in [0.15, 0.2) is 0 Å². The van der Waals surface area contributed by atoms with Crippen molar-refractivity contribution >= 4 is 61.6 Å². The first-order chi connectivity index (χ1) is 16.6. The number of H-pyrrole nitrogens is 1. The molecule has 0 spiro atoms. The SMILES string of the molecule is CSc1cc2[nH]ncc2cc1Nc1ncnc2sc3c(c12)CC[C@H](C(=O)N1CCOC(C)C1)C3. The Balaban J connectivity index is 1.31. The number of nitrogens with one attached hydrogen (secondary N) is 2. The maximum Gasteiger partial charge on any atom is 0.226 e. The molecule has 0 bridgehead atoms. The largest absolute Gasteiger partial charge is 0.375 e. The molecule has 2 aliphatic rings. The molecule has 1 saturated heterocycles. The maximum atomic E-state index is 13.2. The molecule has 2 atom stereocenters. The molecular formula is C24H26N6O2S2. The number of carbonyl (C=O) groups is 1. The van der Waals surface area contributed by atoms with E-state index >= 15 is 0 Å². The van der Waals surface area contributed by atoms with Crippen LogP contribution in [0.3, 0.4) is 0 Å². The Hall–Kier alpha value is -2.69. The number of aromatic nitrogens is 4. The first-order valence-corrected chi connectivity index (χ1v) is 13.6. The lowest BCUT2D eigenvalue weighted by atomic mass is 9.86. The molecule has 0 radical (unpaired) electrons. The third-order valence-corrected chi connectivity index (χ3v) is 8.70. The number of morpholine rings is 1. The summed E-state index contributed by atoms with van der Waals surface area (Å²) in [6.45, 7) is 4.04. The number of rotatable bonds is 4. The highest BCUT2D eigenvalue weighted by atomic mass is 32.2. The van der Waals surface area contributed by atoms with E-state index in [4.69, 9.17) is 4.74 Å². The molecule has 1 aliphatic heterocycles. The summed E-state index contributed by atoms with van der Waals surface area (Å²) in [6.07, 6.45) is 8.13. The number of hydrogen-bond acceptors (Lipinski definition) is 8. The minimum absolute atomic E-state index is 0.0295. The number of hydrogen-bond donors (Lipinski definition) is 2. The zero-order valence-corrected chi connectivity index (χ0v) is 20.8. The second kappa shape index (κ2) is 8.83. The van der Waals surface area contributed by atoms with E-state index in [1.165, 1.54) is 10.4 Å². The highest BCUT2D eigenvalue weighted by Crippen LogP contribution is 2.42. The van der Waals surface area contributed by atoms with Gasteiger partial charge < -0.3 is 15.0 Å². The standard InChI is InChI=1S/C24H26N6O2S2/c1-13-11-30(5-6-32-13)24(31)14-3-4-16-19(8-14)34-23-21(16)22(25-12-26-23)28-18-7-15-10-27-29-17(15)9-20(18)33-2/h7,9-10,12-14H,3-6,8,11H2,1-2H3,(H,27,29)(H,25,26,28)/t13?,14-/m0/s1. The Morgan fingerprint density at radius 2 is 2.26 bits per heavy atom. The lowest BCUT2D eigenvalue weighted by Gasteiger charge is -2.34. The molecule has 1 fully saturated rings. The summed E-state index contributed by atoms with van der Waals surface area (Å²) >= 11 is 3.38. The van der Waals surface area contributed by atoms with Crippen LogP contribution in [0.1, 0.15) is 23.8 Å². The fourth-order valence-electron chi connectivity index (χ4n) is 5.06. The quantitative estimate of drug-likeness (QED) is 0.406. The zero-order valence-electron chi connectivity index (χ0n) is 19.1. The van der Waals surface area contributed by atoms with Gasteiger partial charge in [-0.2, -0.15) is 5.10 Å². The molecule has 4 heterocycles. The summed E-state index contributed by atoms with van der Waals surface area (Å²) < 4.78 is 5.62. The van der Waals surface area contributed by atoms with Crippen molar-refractivity contribution in [3.05, 3.63) is 35.1 Å². The zero-order chi connectivity index (χ0) is 23.2. The van der Waals surface area contributed by atoms with Crippen LogP contribution in [0.4, 0.5) is 11.5 Å². The number of carbonyl (C=O) groups excluding carboxylic acids is 1. The van der Waals surface area contributed by atoms with E-state index in [1.54, 1.807) is 29.4 Å². The molecule has 34 heavy (non-hydrogen) atoms. The molecule has 2 N–H and O–H groups in total. The Labute approximate surface area is 205 Å². The van der Waals surface area contributed by atoms with E-state index in [-0.39, 0.29) is 17.9 Å². The Bertz CT molecular complexity index is 1380. The molecular weight excluding hydrogens is 468 g/mol. The van der Waals surface area contributed by atoms with Crippen LogP contribution in [0.15, 0.2) is 29.6 Å². The van der Waals surface area contributed by atoms with Gasteiger partial charge in [0.05, 0.1) is 35.5 Å². The fraction of sp³-hybridized carbons (Fsp3) is 0.417. The van der Waals surface area contributed by atoms with E-state index in [2.05, 4.69) is 43.9 Å². The third kappa shape index (κ3) is 3.83. The van der Waals surface area contributed by atoms with Crippen molar-refractivity contribution in [2.75, 3.05) is 31.3 Å². The molecule has 1 aliphatic carbocycles. The van der Waals surface area contributed by atoms with Crippen LogP contribution in [0, 0.1) is 5.92 Å². The number of aromatic amines is 1. The van der Waals surface area contributed by atoms with Gasteiger partial charge in [-0.05, 0) is 50.1 Å². The minimum atomic E-state index is 0.0295. The van der Waals surface area contributed by atoms with Gasteiger partial charge in [0.2, 0.25) is 5.91 Å². The van der Waals surface area contributed by atoms with Crippen molar-refractivity contribution in [2.24, 2.45) is 5.92 Å². The number of aryl methyl sites for hydroxylation is 1.